The number of anilines is 3. The number of carbonyl (C=O) groups excluding carboxylic acids is 1. The largest absolute Gasteiger partial charge is 0.397 e. The molecule has 0 atom stereocenters. The van der Waals surface area contributed by atoms with E-state index in [1.54, 1.807) is 18.2 Å². The third-order valence-electron chi connectivity index (χ3n) is 3.56. The second kappa shape index (κ2) is 8.44. The Balaban J connectivity index is 2.43. The zero-order chi connectivity index (χ0) is 17.4. The molecule has 6 nitrogen and oxygen atoms in total. The molecule has 0 saturated carbocycles. The number of nitrogens with one attached hydrogen (secondary N) is 1. The predicted octanol–water partition coefficient (Wildman–Crippen LogP) is 3.87. The topological polar surface area (TPSA) is 91.4 Å². The van der Waals surface area contributed by atoms with Crippen molar-refractivity contribution in [3.05, 3.63) is 54.1 Å². The lowest BCUT2D eigenvalue weighted by molar-refractivity contribution is 0.159. The van der Waals surface area contributed by atoms with Crippen LogP contribution in [0, 0.1) is 11.5 Å². The SMILES string of the molecule is CCCCc1ccc(N)c(N(C(=O)NOC#N)c2ccccc2)c1. The Labute approximate surface area is 141 Å². The van der Waals surface area contributed by atoms with Crippen LogP contribution in [0.15, 0.2) is 48.5 Å². The van der Waals surface area contributed by atoms with E-state index >= 15 is 0 Å². The average Bonchev–Trinajstić information content (AvgIpc) is 2.61. The highest BCUT2D eigenvalue weighted by atomic mass is 16.6. The average molecular weight is 324 g/mol. The van der Waals surface area contributed by atoms with Gasteiger partial charge in [0, 0.05) is 0 Å². The van der Waals surface area contributed by atoms with E-state index in [9.17, 15) is 4.79 Å². The van der Waals surface area contributed by atoms with E-state index in [-0.39, 0.29) is 0 Å². The van der Waals surface area contributed by atoms with Crippen molar-refractivity contribution in [1.29, 1.82) is 5.26 Å². The summed E-state index contributed by atoms with van der Waals surface area (Å²) in [6.07, 6.45) is 4.46. The van der Waals surface area contributed by atoms with Gasteiger partial charge in [-0.1, -0.05) is 37.6 Å². The molecule has 0 aliphatic heterocycles. The predicted molar refractivity (Wildman–Crippen MR) is 93.3 cm³/mol. The summed E-state index contributed by atoms with van der Waals surface area (Å²) in [5.74, 6) is 0. The summed E-state index contributed by atoms with van der Waals surface area (Å²) >= 11 is 0. The number of urea groups is 1. The monoisotopic (exact) mass is 324 g/mol. The second-order valence-electron chi connectivity index (χ2n) is 5.27. The van der Waals surface area contributed by atoms with Gasteiger partial charge in [-0.3, -0.25) is 9.74 Å². The second-order valence-corrected chi connectivity index (χ2v) is 5.27. The summed E-state index contributed by atoms with van der Waals surface area (Å²) in [4.78, 5) is 18.2. The number of hydroxylamine groups is 1. The lowest BCUT2D eigenvalue weighted by atomic mass is 10.1. The van der Waals surface area contributed by atoms with Crippen molar-refractivity contribution < 1.29 is 9.63 Å². The molecule has 0 aromatic heterocycles. The number of hydrogen-bond acceptors (Lipinski definition) is 4. The number of nitrogen functional groups attached to an aromatic ring is 1. The third-order valence-corrected chi connectivity index (χ3v) is 3.56. The molecule has 0 heterocycles. The standard InChI is InChI=1S/C18H20N4O2/c1-2-3-7-14-10-11-16(20)17(12-14)22(18(23)21-24-13-19)15-8-5-4-6-9-15/h4-6,8-12H,2-3,7,20H2,1H3,(H,21,23). The van der Waals surface area contributed by atoms with Crippen molar-refractivity contribution in [2.24, 2.45) is 0 Å². The van der Waals surface area contributed by atoms with Gasteiger partial charge in [0.2, 0.25) is 0 Å². The number of rotatable bonds is 6. The van der Waals surface area contributed by atoms with E-state index in [1.807, 2.05) is 30.3 Å². The Morgan fingerprint density at radius 2 is 2.04 bits per heavy atom. The molecule has 0 spiro atoms. The normalized spacial score (nSPS) is 9.83. The number of aryl methyl sites for hydroxylation is 1. The van der Waals surface area contributed by atoms with Crippen LogP contribution in [-0.4, -0.2) is 6.03 Å². The van der Waals surface area contributed by atoms with Crippen molar-refractivity contribution in [2.45, 2.75) is 26.2 Å². The molecule has 0 unspecified atom stereocenters. The quantitative estimate of drug-likeness (QED) is 0.479. The van der Waals surface area contributed by atoms with Crippen LogP contribution in [0.5, 0.6) is 0 Å². The molecule has 124 valence electrons. The van der Waals surface area contributed by atoms with Crippen LogP contribution in [0.3, 0.4) is 0 Å². The van der Waals surface area contributed by atoms with Gasteiger partial charge >= 0.3 is 12.3 Å². The summed E-state index contributed by atoms with van der Waals surface area (Å²) in [5, 5.41) is 8.50. The molecule has 0 fully saturated rings. The molecular weight excluding hydrogens is 304 g/mol. The van der Waals surface area contributed by atoms with Crippen LogP contribution >= 0.6 is 0 Å². The molecule has 0 bridgehead atoms. The molecule has 2 aromatic carbocycles. The van der Waals surface area contributed by atoms with Gasteiger partial charge in [-0.05, 0) is 42.7 Å². The van der Waals surface area contributed by atoms with Gasteiger partial charge in [0.25, 0.3) is 0 Å². The van der Waals surface area contributed by atoms with Gasteiger partial charge in [0.1, 0.15) is 0 Å². The van der Waals surface area contributed by atoms with Crippen molar-refractivity contribution in [2.75, 3.05) is 10.6 Å². The summed E-state index contributed by atoms with van der Waals surface area (Å²) in [7, 11) is 0. The number of para-hydroxylation sites is 1. The van der Waals surface area contributed by atoms with Gasteiger partial charge < -0.3 is 5.73 Å². The highest BCUT2D eigenvalue weighted by Crippen LogP contribution is 2.32. The summed E-state index contributed by atoms with van der Waals surface area (Å²) in [6.45, 7) is 2.13. The minimum Gasteiger partial charge on any atom is -0.397 e. The van der Waals surface area contributed by atoms with Gasteiger partial charge in [-0.2, -0.15) is 5.48 Å². The number of hydrogen-bond donors (Lipinski definition) is 2. The van der Waals surface area contributed by atoms with E-state index in [2.05, 4.69) is 17.2 Å². The number of benzene rings is 2. The Morgan fingerprint density at radius 3 is 2.71 bits per heavy atom. The zero-order valence-corrected chi connectivity index (χ0v) is 13.5. The number of carbonyl (C=O) groups is 1. The summed E-state index contributed by atoms with van der Waals surface area (Å²) < 4.78 is 0. The first-order valence-electron chi connectivity index (χ1n) is 7.75. The molecule has 2 rings (SSSR count). The van der Waals surface area contributed by atoms with Crippen LogP contribution in [0.2, 0.25) is 0 Å². The molecular formula is C18H20N4O2. The molecule has 24 heavy (non-hydrogen) atoms. The maximum Gasteiger partial charge on any atom is 0.360 e. The van der Waals surface area contributed by atoms with Gasteiger partial charge in [0.05, 0.1) is 17.1 Å². The number of unbranched alkanes of at least 4 members (excludes halogenated alkanes) is 1. The lowest BCUT2D eigenvalue weighted by Gasteiger charge is -2.24. The Hall–Kier alpha value is -3.20. The summed E-state index contributed by atoms with van der Waals surface area (Å²) in [5.41, 5.74) is 10.9. The highest BCUT2D eigenvalue weighted by molar-refractivity contribution is 6.01. The fourth-order valence-corrected chi connectivity index (χ4v) is 2.37. The van der Waals surface area contributed by atoms with Crippen molar-refractivity contribution in [3.63, 3.8) is 0 Å². The molecule has 0 saturated heterocycles. The fraction of sp³-hybridized carbons (Fsp3) is 0.222. The molecule has 6 heteroatoms. The number of nitrogens with two attached hydrogens (primary N) is 1. The highest BCUT2D eigenvalue weighted by Gasteiger charge is 2.21. The fourth-order valence-electron chi connectivity index (χ4n) is 2.37. The minimum absolute atomic E-state index is 0.464. The molecule has 0 aliphatic carbocycles. The van der Waals surface area contributed by atoms with E-state index in [0.29, 0.717) is 17.1 Å². The van der Waals surface area contributed by atoms with Crippen LogP contribution < -0.4 is 16.1 Å². The van der Waals surface area contributed by atoms with Crippen molar-refractivity contribution in [1.82, 2.24) is 5.48 Å². The van der Waals surface area contributed by atoms with E-state index in [1.165, 1.54) is 11.2 Å². The van der Waals surface area contributed by atoms with Crippen molar-refractivity contribution in [3.8, 4) is 6.26 Å². The number of nitriles is 1. The Bertz CT molecular complexity index is 726. The first-order valence-corrected chi connectivity index (χ1v) is 7.75. The lowest BCUT2D eigenvalue weighted by Crippen LogP contribution is -2.36. The molecule has 2 aromatic rings. The van der Waals surface area contributed by atoms with Gasteiger partial charge in [-0.25, -0.2) is 4.79 Å². The smallest absolute Gasteiger partial charge is 0.360 e. The first-order chi connectivity index (χ1) is 11.7. The van der Waals surface area contributed by atoms with Crippen LogP contribution in [0.1, 0.15) is 25.3 Å². The molecule has 0 radical (unpaired) electrons. The molecule has 3 N–H and O–H groups in total. The Kier molecular flexibility index (Phi) is 6.03. The number of amides is 2. The zero-order valence-electron chi connectivity index (χ0n) is 13.5. The summed E-state index contributed by atoms with van der Waals surface area (Å²) in [6, 6.07) is 14.1. The minimum atomic E-state index is -0.595. The van der Waals surface area contributed by atoms with E-state index < -0.39 is 6.03 Å². The van der Waals surface area contributed by atoms with E-state index in [0.717, 1.165) is 24.8 Å². The first kappa shape index (κ1) is 17.2. The number of nitrogens with zero attached hydrogens (tertiary/aromatic N) is 2. The van der Waals surface area contributed by atoms with Gasteiger partial charge in [0.15, 0.2) is 0 Å². The third kappa shape index (κ3) is 4.17. The van der Waals surface area contributed by atoms with Crippen LogP contribution in [-0.2, 0) is 11.3 Å². The van der Waals surface area contributed by atoms with Crippen LogP contribution in [0.4, 0.5) is 21.9 Å². The van der Waals surface area contributed by atoms with Crippen LogP contribution in [0.25, 0.3) is 0 Å². The van der Waals surface area contributed by atoms with Crippen molar-refractivity contribution >= 4 is 23.1 Å². The molecule has 2 amide bonds. The Morgan fingerprint density at radius 1 is 1.29 bits per heavy atom. The molecule has 0 aliphatic rings. The maximum absolute atomic E-state index is 12.5. The maximum atomic E-state index is 12.5. The van der Waals surface area contributed by atoms with E-state index in [4.69, 9.17) is 11.0 Å². The van der Waals surface area contributed by atoms with Gasteiger partial charge in [-0.15, -0.1) is 5.26 Å².